The summed E-state index contributed by atoms with van der Waals surface area (Å²) in [4.78, 5) is 23.2. The molecule has 1 atom stereocenters. The van der Waals surface area contributed by atoms with Crippen LogP contribution in [0.25, 0.3) is 102 Å². The first-order valence-corrected chi connectivity index (χ1v) is 34.7. The van der Waals surface area contributed by atoms with Crippen molar-refractivity contribution in [3.63, 3.8) is 0 Å². The van der Waals surface area contributed by atoms with Gasteiger partial charge in [-0.25, -0.2) is 0 Å². The molecule has 4 aromatic carbocycles. The van der Waals surface area contributed by atoms with E-state index < -0.39 is 0 Å². The van der Waals surface area contributed by atoms with Crippen LogP contribution >= 0.6 is 102 Å². The summed E-state index contributed by atoms with van der Waals surface area (Å²) in [6, 6.07) is 57.7. The fourth-order valence-corrected chi connectivity index (χ4v) is 22.0. The van der Waals surface area contributed by atoms with Crippen molar-refractivity contribution in [3.8, 4) is 80.8 Å². The molecule has 2 aliphatic rings. The number of fused-ring (bicyclic) bond motifs is 2. The summed E-state index contributed by atoms with van der Waals surface area (Å²) >= 11 is 17.7. The Bertz CT molecular complexity index is 3900. The predicted octanol–water partition coefficient (Wildman–Crippen LogP) is 24.9. The first-order chi connectivity index (χ1) is 37.6. The molecule has 0 radical (unpaired) electrons. The van der Waals surface area contributed by atoms with E-state index in [0.717, 1.165) is 6.42 Å². The van der Waals surface area contributed by atoms with Crippen LogP contribution in [-0.2, 0) is 32.8 Å². The molecule has 12 aromatic rings. The summed E-state index contributed by atoms with van der Waals surface area (Å²) in [5, 5.41) is 5.65. The fraction of sp³-hybridized carbons (Fsp3) is 0.257. The highest BCUT2D eigenvalue weighted by atomic mass is 32.2. The fourth-order valence-electron chi connectivity index (χ4n) is 11.6. The number of rotatable bonds is 8. The summed E-state index contributed by atoms with van der Waals surface area (Å²) in [5.41, 5.74) is 10.2. The lowest BCUT2D eigenvalue weighted by Crippen LogP contribution is -2.19. The van der Waals surface area contributed by atoms with Crippen LogP contribution in [0.15, 0.2) is 150 Å². The van der Waals surface area contributed by atoms with Gasteiger partial charge >= 0.3 is 0 Å². The van der Waals surface area contributed by atoms with Crippen LogP contribution in [0.4, 0.5) is 0 Å². The Balaban J connectivity index is 0.947. The Morgan fingerprint density at radius 3 is 0.886 bits per heavy atom. The minimum atomic E-state index is -0.279. The molecule has 1 aliphatic heterocycles. The molecule has 1 aliphatic carbocycles. The molecular weight excluding hydrogens is 1130 g/mol. The molecule has 0 fully saturated rings. The molecule has 0 saturated heterocycles. The van der Waals surface area contributed by atoms with Crippen molar-refractivity contribution in [2.45, 2.75) is 121 Å². The van der Waals surface area contributed by atoms with Crippen molar-refractivity contribution in [1.82, 2.24) is 0 Å². The van der Waals surface area contributed by atoms with Crippen LogP contribution in [-0.4, -0.2) is 0 Å². The van der Waals surface area contributed by atoms with Crippen LogP contribution in [0.1, 0.15) is 119 Å². The number of hydrogen-bond donors (Lipinski definition) is 0. The van der Waals surface area contributed by atoms with Crippen molar-refractivity contribution in [3.05, 3.63) is 182 Å². The number of thiophene rings is 8. The van der Waals surface area contributed by atoms with E-state index in [-0.39, 0.29) is 26.4 Å². The van der Waals surface area contributed by atoms with E-state index in [4.69, 9.17) is 0 Å². The van der Waals surface area contributed by atoms with Crippen molar-refractivity contribution < 1.29 is 0 Å². The normalized spacial score (nSPS) is 15.5. The summed E-state index contributed by atoms with van der Waals surface area (Å²) in [7, 11) is 0. The SMILES string of the molecule is CC(C)(C)c1ccc(-c2ccc(-c3ccc4c5c(ccc(-c6ccc(-c7ccc(C(C)(C)C)s7)s6)c35)[C@@]3(C4)Sc4ccc(-c5ccc(-c6ccc(C(C)(C)C)s6)s5)c5c(-c6ccc(-c7ccc(C(C)(C)C)s7)s6)ccc3c45)s2)s1. The largest absolute Gasteiger partial charge is 0.139 e. The van der Waals surface area contributed by atoms with E-state index in [2.05, 4.69) is 240 Å². The van der Waals surface area contributed by atoms with Crippen LogP contribution in [0.5, 0.6) is 0 Å². The van der Waals surface area contributed by atoms with Crippen LogP contribution in [0, 0.1) is 0 Å². The van der Waals surface area contributed by atoms with Gasteiger partial charge in [-0.05, 0) is 159 Å². The highest BCUT2D eigenvalue weighted by Crippen LogP contribution is 2.66. The Kier molecular flexibility index (Phi) is 12.4. The van der Waals surface area contributed by atoms with E-state index in [1.807, 2.05) is 90.7 Å². The van der Waals surface area contributed by atoms with Gasteiger partial charge in [0.25, 0.3) is 0 Å². The highest BCUT2D eigenvalue weighted by molar-refractivity contribution is 8.01. The van der Waals surface area contributed by atoms with Gasteiger partial charge in [-0.3, -0.25) is 0 Å². The Hall–Kier alpha value is -4.65. The molecular formula is C70H62S9. The second kappa shape index (κ2) is 18.7. The van der Waals surface area contributed by atoms with Gasteiger partial charge in [0.2, 0.25) is 0 Å². The van der Waals surface area contributed by atoms with Gasteiger partial charge in [0.15, 0.2) is 0 Å². The van der Waals surface area contributed by atoms with Crippen LogP contribution < -0.4 is 0 Å². The second-order valence-corrected chi connectivity index (χ2v) is 35.6. The van der Waals surface area contributed by atoms with Crippen LogP contribution in [0.3, 0.4) is 0 Å². The van der Waals surface area contributed by atoms with Gasteiger partial charge in [0, 0.05) is 116 Å². The van der Waals surface area contributed by atoms with E-state index in [0.29, 0.717) is 0 Å². The second-order valence-electron chi connectivity index (χ2n) is 25.6. The van der Waals surface area contributed by atoms with Crippen LogP contribution in [0.2, 0.25) is 0 Å². The first-order valence-electron chi connectivity index (χ1n) is 27.3. The van der Waals surface area contributed by atoms with Gasteiger partial charge in [-0.2, -0.15) is 0 Å². The van der Waals surface area contributed by atoms with E-state index in [9.17, 15) is 0 Å². The Morgan fingerprint density at radius 2 is 0.544 bits per heavy atom. The smallest absolute Gasteiger partial charge is 0.0757 e. The summed E-state index contributed by atoms with van der Waals surface area (Å²) in [6.07, 6.45) is 0.946. The summed E-state index contributed by atoms with van der Waals surface area (Å²) in [6.45, 7) is 27.9. The maximum absolute atomic E-state index is 2.54. The quantitative estimate of drug-likeness (QED) is 0.146. The third kappa shape index (κ3) is 8.86. The monoisotopic (exact) mass is 1190 g/mol. The zero-order valence-corrected chi connectivity index (χ0v) is 54.1. The highest BCUT2D eigenvalue weighted by Gasteiger charge is 2.48. The molecule has 0 unspecified atom stereocenters. The maximum Gasteiger partial charge on any atom is 0.0757 e. The average Bonchev–Trinajstić information content (AvgIpc) is 4.45. The molecule has 9 heterocycles. The average molecular weight is 1190 g/mol. The van der Waals surface area contributed by atoms with Crippen molar-refractivity contribution in [2.75, 3.05) is 0 Å². The minimum Gasteiger partial charge on any atom is -0.139 e. The van der Waals surface area contributed by atoms with Gasteiger partial charge in [0.05, 0.1) is 4.75 Å². The van der Waals surface area contributed by atoms with Gasteiger partial charge in [-0.1, -0.05) is 126 Å². The number of thioether (sulfide) groups is 1. The molecule has 0 saturated carbocycles. The molecule has 0 N–H and O–H groups in total. The Morgan fingerprint density at radius 1 is 0.266 bits per heavy atom. The molecule has 396 valence electrons. The molecule has 0 bridgehead atoms. The molecule has 79 heavy (non-hydrogen) atoms. The molecule has 14 rings (SSSR count). The van der Waals surface area contributed by atoms with E-state index in [1.54, 1.807) is 0 Å². The number of hydrogen-bond acceptors (Lipinski definition) is 9. The molecule has 0 nitrogen and oxygen atoms in total. The summed E-state index contributed by atoms with van der Waals surface area (Å²) in [5.74, 6) is 0. The van der Waals surface area contributed by atoms with Gasteiger partial charge < -0.3 is 0 Å². The van der Waals surface area contributed by atoms with Gasteiger partial charge in [-0.15, -0.1) is 102 Å². The van der Waals surface area contributed by atoms with Crippen molar-refractivity contribution in [1.29, 1.82) is 0 Å². The number of benzene rings is 4. The maximum atomic E-state index is 2.54. The zero-order valence-electron chi connectivity index (χ0n) is 46.7. The van der Waals surface area contributed by atoms with E-state index >= 15 is 0 Å². The molecule has 8 aromatic heterocycles. The molecule has 1 spiro atoms. The lowest BCUT2D eigenvalue weighted by molar-refractivity contribution is 0.603. The Labute approximate surface area is 502 Å². The van der Waals surface area contributed by atoms with Gasteiger partial charge in [0.1, 0.15) is 0 Å². The topological polar surface area (TPSA) is 0 Å². The third-order valence-corrected chi connectivity index (χ3v) is 28.6. The summed E-state index contributed by atoms with van der Waals surface area (Å²) < 4.78 is -0.279. The predicted molar refractivity (Wildman–Crippen MR) is 360 cm³/mol. The lowest BCUT2D eigenvalue weighted by atomic mass is 9.84. The lowest BCUT2D eigenvalue weighted by Gasteiger charge is -2.26. The standard InChI is InChI=1S/C70H62S9/c1-66(2,3)58-33-29-53(75-58)49-25-21-45(71-49)39-14-13-38-37-70(43-18-15-40(63(39)62(38)43)46-22-26-50(72-46)54-30-34-59(76-54)67(4,5)6)44-19-16-41(47-23-27-51(73-47)55-31-35-60(77-55)68(7,8)9)64-42(17-20-57(79-70)65(44)64)48-24-28-52(74-48)56-32-36-61(78-56)69(10,11)12/h13-36H,37H2,1-12H3/t70-/m1/s1. The van der Waals surface area contributed by atoms with Crippen molar-refractivity contribution >= 4 is 124 Å². The third-order valence-electron chi connectivity index (χ3n) is 15.8. The zero-order chi connectivity index (χ0) is 54.7. The first kappa shape index (κ1) is 52.4. The molecule has 9 heteroatoms. The van der Waals surface area contributed by atoms with E-state index in [1.165, 1.54) is 143 Å². The minimum absolute atomic E-state index is 0.121. The van der Waals surface area contributed by atoms with Crippen molar-refractivity contribution in [2.24, 2.45) is 0 Å². The molecule has 0 amide bonds.